The molecule has 25 heavy (non-hydrogen) atoms. The van der Waals surface area contributed by atoms with Crippen molar-refractivity contribution >= 4 is 21.6 Å². The molecule has 3 rings (SSSR count). The molecule has 0 amide bonds. The molecule has 1 saturated carbocycles. The van der Waals surface area contributed by atoms with E-state index in [9.17, 15) is 8.42 Å². The Balaban J connectivity index is 2.01. The Kier molecular flexibility index (Phi) is 4.74. The van der Waals surface area contributed by atoms with Crippen LogP contribution in [0.2, 0.25) is 0 Å². The fourth-order valence-electron chi connectivity index (χ4n) is 2.64. The number of rotatable bonds is 4. The first-order valence-electron chi connectivity index (χ1n) is 8.31. The van der Waals surface area contributed by atoms with Gasteiger partial charge in [0.1, 0.15) is 4.08 Å². The van der Waals surface area contributed by atoms with Gasteiger partial charge >= 0.3 is 0 Å². The van der Waals surface area contributed by atoms with Crippen LogP contribution in [0.25, 0.3) is 0 Å². The third kappa shape index (κ3) is 3.78. The average molecular weight is 371 g/mol. The summed E-state index contributed by atoms with van der Waals surface area (Å²) in [5, 5.41) is 0. The molecule has 1 aliphatic carbocycles. The van der Waals surface area contributed by atoms with Crippen LogP contribution in [0.5, 0.6) is 0 Å². The number of hydrogen-bond donors (Lipinski definition) is 0. The maximum atomic E-state index is 13.4. The summed E-state index contributed by atoms with van der Waals surface area (Å²) in [4.78, 5) is 1.33. The van der Waals surface area contributed by atoms with Gasteiger partial charge < -0.3 is 0 Å². The molecule has 1 aliphatic rings. The molecule has 1 fully saturated rings. The van der Waals surface area contributed by atoms with Crippen molar-refractivity contribution in [2.24, 2.45) is 11.3 Å². The lowest BCUT2D eigenvalue weighted by Gasteiger charge is -2.17. The van der Waals surface area contributed by atoms with Gasteiger partial charge in [-0.25, -0.2) is 8.42 Å². The van der Waals surface area contributed by atoms with Crippen LogP contribution in [-0.4, -0.2) is 12.5 Å². The Morgan fingerprint density at radius 2 is 1.56 bits per heavy atom. The SMILES string of the molecule is CC(C)(C)C#C[C@H]1C[C@]1(Sc1ccccc1)S(=O)(=O)c1ccccc1. The second-order valence-electron chi connectivity index (χ2n) is 7.32. The van der Waals surface area contributed by atoms with E-state index in [1.807, 2.05) is 57.2 Å². The van der Waals surface area contributed by atoms with E-state index in [1.165, 1.54) is 11.8 Å². The first-order valence-corrected chi connectivity index (χ1v) is 10.6. The lowest BCUT2D eigenvalue weighted by atomic mass is 9.98. The van der Waals surface area contributed by atoms with Gasteiger partial charge in [-0.05, 0) is 51.5 Å². The van der Waals surface area contributed by atoms with Gasteiger partial charge in [0.25, 0.3) is 0 Å². The minimum atomic E-state index is -3.48. The summed E-state index contributed by atoms with van der Waals surface area (Å²) < 4.78 is 25.8. The Bertz CT molecular complexity index is 901. The predicted octanol–water partition coefficient (Wildman–Crippen LogP) is 5.02. The Labute approximate surface area is 155 Å². The van der Waals surface area contributed by atoms with Crippen molar-refractivity contribution in [3.63, 3.8) is 0 Å². The third-order valence-corrected chi connectivity index (χ3v) is 8.49. The van der Waals surface area contributed by atoms with E-state index in [0.29, 0.717) is 11.3 Å². The zero-order chi connectivity index (χ0) is 18.1. The summed E-state index contributed by atoms with van der Waals surface area (Å²) in [7, 11) is -3.48. The van der Waals surface area contributed by atoms with Gasteiger partial charge in [0.05, 0.1) is 10.8 Å². The highest BCUT2D eigenvalue weighted by molar-refractivity contribution is 8.15. The van der Waals surface area contributed by atoms with E-state index in [2.05, 4.69) is 11.8 Å². The van der Waals surface area contributed by atoms with Gasteiger partial charge in [-0.3, -0.25) is 0 Å². The lowest BCUT2D eigenvalue weighted by Crippen LogP contribution is -2.22. The van der Waals surface area contributed by atoms with E-state index in [1.54, 1.807) is 24.3 Å². The minimum Gasteiger partial charge on any atom is -0.222 e. The maximum Gasteiger partial charge on any atom is 0.194 e. The van der Waals surface area contributed by atoms with Crippen LogP contribution in [0.1, 0.15) is 27.2 Å². The van der Waals surface area contributed by atoms with Crippen LogP contribution in [0.3, 0.4) is 0 Å². The summed E-state index contributed by atoms with van der Waals surface area (Å²) in [5.41, 5.74) is -0.137. The van der Waals surface area contributed by atoms with E-state index in [-0.39, 0.29) is 11.3 Å². The largest absolute Gasteiger partial charge is 0.222 e. The lowest BCUT2D eigenvalue weighted by molar-refractivity contribution is 0.569. The van der Waals surface area contributed by atoms with Crippen LogP contribution >= 0.6 is 11.8 Å². The second-order valence-corrected chi connectivity index (χ2v) is 11.2. The average Bonchev–Trinajstić information content (AvgIpc) is 3.29. The fourth-order valence-corrected chi connectivity index (χ4v) is 6.54. The van der Waals surface area contributed by atoms with Crippen molar-refractivity contribution in [1.82, 2.24) is 0 Å². The summed E-state index contributed by atoms with van der Waals surface area (Å²) in [6, 6.07) is 18.4. The van der Waals surface area contributed by atoms with E-state index < -0.39 is 13.9 Å². The zero-order valence-corrected chi connectivity index (χ0v) is 16.3. The zero-order valence-electron chi connectivity index (χ0n) is 14.7. The minimum absolute atomic E-state index is 0.137. The molecule has 0 spiro atoms. The molecule has 0 N–H and O–H groups in total. The van der Waals surface area contributed by atoms with E-state index in [4.69, 9.17) is 0 Å². The Morgan fingerprint density at radius 1 is 1.00 bits per heavy atom. The molecule has 2 nitrogen and oxygen atoms in total. The van der Waals surface area contributed by atoms with Crippen molar-refractivity contribution in [3.05, 3.63) is 60.7 Å². The molecule has 0 bridgehead atoms. The molecule has 2 aromatic rings. The van der Waals surface area contributed by atoms with Crippen LogP contribution in [-0.2, 0) is 9.84 Å². The van der Waals surface area contributed by atoms with Crippen molar-refractivity contribution in [2.45, 2.75) is 41.1 Å². The summed E-state index contributed by atoms with van der Waals surface area (Å²) in [6.07, 6.45) is 0.562. The van der Waals surface area contributed by atoms with Crippen LogP contribution in [0.4, 0.5) is 0 Å². The highest BCUT2D eigenvalue weighted by Crippen LogP contribution is 2.61. The Hall–Kier alpha value is -1.70. The molecule has 2 atom stereocenters. The molecular weight excluding hydrogens is 348 g/mol. The monoisotopic (exact) mass is 370 g/mol. The highest BCUT2D eigenvalue weighted by Gasteiger charge is 2.64. The van der Waals surface area contributed by atoms with Gasteiger partial charge in [0, 0.05) is 10.3 Å². The van der Waals surface area contributed by atoms with Crippen LogP contribution in [0.15, 0.2) is 70.5 Å². The highest BCUT2D eigenvalue weighted by atomic mass is 32.3. The topological polar surface area (TPSA) is 34.1 Å². The second kappa shape index (κ2) is 6.55. The molecule has 0 heterocycles. The number of sulfone groups is 1. The number of thioether (sulfide) groups is 1. The van der Waals surface area contributed by atoms with Crippen molar-refractivity contribution in [2.75, 3.05) is 0 Å². The Morgan fingerprint density at radius 3 is 2.12 bits per heavy atom. The van der Waals surface area contributed by atoms with Crippen molar-refractivity contribution < 1.29 is 8.42 Å². The summed E-state index contributed by atoms with van der Waals surface area (Å²) in [5.74, 6) is 6.30. The smallest absolute Gasteiger partial charge is 0.194 e. The molecule has 0 saturated heterocycles. The van der Waals surface area contributed by atoms with Crippen LogP contribution in [0, 0.1) is 23.2 Å². The fraction of sp³-hybridized carbons (Fsp3) is 0.333. The number of benzene rings is 2. The van der Waals surface area contributed by atoms with Gasteiger partial charge in [-0.1, -0.05) is 48.2 Å². The first-order chi connectivity index (χ1) is 11.7. The van der Waals surface area contributed by atoms with Gasteiger partial charge in [-0.15, -0.1) is 11.8 Å². The van der Waals surface area contributed by atoms with Crippen molar-refractivity contribution in [3.8, 4) is 11.8 Å². The van der Waals surface area contributed by atoms with Crippen LogP contribution < -0.4 is 0 Å². The van der Waals surface area contributed by atoms with Gasteiger partial charge in [0.2, 0.25) is 0 Å². The first kappa shape index (κ1) is 18.1. The third-order valence-electron chi connectivity index (χ3n) is 4.02. The molecule has 0 radical (unpaired) electrons. The normalized spacial score (nSPS) is 22.8. The molecule has 0 unspecified atom stereocenters. The van der Waals surface area contributed by atoms with Gasteiger partial charge in [0.15, 0.2) is 9.84 Å². The molecule has 0 aromatic heterocycles. The molecule has 4 heteroatoms. The molecular formula is C21H22O2S2. The standard InChI is InChI=1S/C21H22O2S2/c1-20(2,3)15-14-17-16-21(17,24-18-10-6-4-7-11-18)25(22,23)19-12-8-5-9-13-19/h4-13,17H,16H2,1-3H3/t17-,21-/m0/s1. The molecule has 0 aliphatic heterocycles. The van der Waals surface area contributed by atoms with E-state index in [0.717, 1.165) is 4.90 Å². The predicted molar refractivity (Wildman–Crippen MR) is 104 cm³/mol. The quantitative estimate of drug-likeness (QED) is 0.709. The maximum absolute atomic E-state index is 13.4. The van der Waals surface area contributed by atoms with Crippen molar-refractivity contribution in [1.29, 1.82) is 0 Å². The van der Waals surface area contributed by atoms with Gasteiger partial charge in [-0.2, -0.15) is 0 Å². The number of hydrogen-bond acceptors (Lipinski definition) is 3. The van der Waals surface area contributed by atoms with E-state index >= 15 is 0 Å². The summed E-state index contributed by atoms with van der Waals surface area (Å²) in [6.45, 7) is 6.13. The summed E-state index contributed by atoms with van der Waals surface area (Å²) >= 11 is 1.43. The molecule has 130 valence electrons. The molecule has 2 aromatic carbocycles.